The second-order valence-corrected chi connectivity index (χ2v) is 18.0. The van der Waals surface area contributed by atoms with Gasteiger partial charge in [0.25, 0.3) is 11.8 Å². The van der Waals surface area contributed by atoms with Crippen molar-refractivity contribution >= 4 is 99.2 Å². The molecule has 0 saturated heterocycles. The van der Waals surface area contributed by atoms with Gasteiger partial charge in [0.15, 0.2) is 10.2 Å². The maximum atomic E-state index is 12.9. The van der Waals surface area contributed by atoms with E-state index in [2.05, 4.69) is 42.5 Å². The molecule has 0 spiro atoms. The van der Waals surface area contributed by atoms with Crippen LogP contribution in [0.5, 0.6) is 0 Å². The van der Waals surface area contributed by atoms with Crippen LogP contribution in [0.4, 0.5) is 11.4 Å². The topological polar surface area (TPSA) is 324 Å². The van der Waals surface area contributed by atoms with E-state index in [1.54, 1.807) is 24.3 Å². The molecule has 406 valence electrons. The number of carbonyl (C=O) groups is 9. The number of hydroxylamine groups is 6. The molecule has 73 heavy (non-hydrogen) atoms. The fourth-order valence-electron chi connectivity index (χ4n) is 6.76. The zero-order valence-electron chi connectivity index (χ0n) is 42.0. The molecule has 0 saturated carbocycles. The molecule has 9 amide bonds. The molecule has 1 aromatic rings. The summed E-state index contributed by atoms with van der Waals surface area (Å²) in [4.78, 5) is 110. The summed E-state index contributed by atoms with van der Waals surface area (Å²) in [6, 6.07) is 6.23. The summed E-state index contributed by atoms with van der Waals surface area (Å²) in [5, 5.41) is 54.7. The summed E-state index contributed by atoms with van der Waals surface area (Å²) < 4.78 is 0. The first-order chi connectivity index (χ1) is 34.8. The van der Waals surface area contributed by atoms with E-state index < -0.39 is 47.4 Å². The maximum Gasteiger partial charge on any atom is 0.253 e. The minimum atomic E-state index is -0.841. The van der Waals surface area contributed by atoms with Gasteiger partial charge in [-0.1, -0.05) is 20.3 Å². The Balaban J connectivity index is 1.50. The van der Waals surface area contributed by atoms with Gasteiger partial charge >= 0.3 is 0 Å². The van der Waals surface area contributed by atoms with Crippen molar-refractivity contribution in [1.82, 2.24) is 52.0 Å². The Kier molecular flexibility index (Phi) is 30.7. The number of imide groups is 1. The van der Waals surface area contributed by atoms with Gasteiger partial charge < -0.3 is 42.5 Å². The number of benzene rings is 1. The predicted octanol–water partition coefficient (Wildman–Crippen LogP) is 1.81. The van der Waals surface area contributed by atoms with Gasteiger partial charge in [-0.3, -0.25) is 63.7 Å². The Labute approximate surface area is 437 Å². The van der Waals surface area contributed by atoms with Gasteiger partial charge in [0.1, 0.15) is 6.04 Å². The van der Waals surface area contributed by atoms with E-state index in [0.29, 0.717) is 116 Å². The van der Waals surface area contributed by atoms with Crippen LogP contribution in [0.2, 0.25) is 0 Å². The molecule has 2 rings (SSSR count). The first kappa shape index (κ1) is 62.8. The van der Waals surface area contributed by atoms with Crippen molar-refractivity contribution in [2.75, 3.05) is 69.5 Å². The molecule has 0 radical (unpaired) electrons. The lowest BCUT2D eigenvalue weighted by atomic mass is 9.98. The third kappa shape index (κ3) is 27.3. The Morgan fingerprint density at radius 3 is 1.47 bits per heavy atom. The number of unbranched alkanes of at least 4 members (excludes halogenated alkanes) is 6. The summed E-state index contributed by atoms with van der Waals surface area (Å²) in [6.07, 6.45) is 7.98. The molecule has 26 heteroatoms. The molecule has 0 bridgehead atoms. The minimum Gasteiger partial charge on any atom is -0.362 e. The van der Waals surface area contributed by atoms with Crippen LogP contribution in [-0.4, -0.2) is 164 Å². The minimum absolute atomic E-state index is 0.0137. The largest absolute Gasteiger partial charge is 0.362 e. The van der Waals surface area contributed by atoms with Gasteiger partial charge in [0.2, 0.25) is 41.4 Å². The van der Waals surface area contributed by atoms with E-state index in [4.69, 9.17) is 24.4 Å². The standard InChI is InChI=1S/C47H74N12O12S2/c1-4-33(2)44(45(68)50-27-31-56-40(64)22-23-41(56)65)55-39(63)32-52-47(73)54-36-16-14-35(15-17-36)53-46(72)51-26-10-7-13-30-59(71)43(67)21-19-38(62)49-25-9-6-12-29-58(70)42(66)20-18-37(61)48-24-8-5-11-28-57(69)34(3)60/h14-17,22-23,33,44,69-71H,4-13,18-21,24-32H2,1-3H3,(H,48,61)(H,49,62)(H,50,68)(H,55,63)(H2,51,53,72)(H2,52,54,73)/t33-,44-/m0/s1. The smallest absolute Gasteiger partial charge is 0.253 e. The number of amides is 9. The van der Waals surface area contributed by atoms with E-state index in [-0.39, 0.29) is 87.8 Å². The van der Waals surface area contributed by atoms with Gasteiger partial charge in [-0.15, -0.1) is 0 Å². The van der Waals surface area contributed by atoms with Crippen molar-refractivity contribution in [3.63, 3.8) is 0 Å². The number of nitrogens with zero attached hydrogens (tertiary/aromatic N) is 4. The zero-order chi connectivity index (χ0) is 54.1. The van der Waals surface area contributed by atoms with Crippen molar-refractivity contribution in [2.45, 2.75) is 117 Å². The Bertz CT molecular complexity index is 2030. The third-order valence-electron chi connectivity index (χ3n) is 11.3. The summed E-state index contributed by atoms with van der Waals surface area (Å²) in [6.45, 7) is 6.50. The quantitative estimate of drug-likeness (QED) is 0.0152. The van der Waals surface area contributed by atoms with E-state index in [9.17, 15) is 58.8 Å². The molecule has 2 atom stereocenters. The van der Waals surface area contributed by atoms with Gasteiger partial charge in [-0.25, -0.2) is 15.2 Å². The van der Waals surface area contributed by atoms with Gasteiger partial charge in [0, 0.05) is 108 Å². The summed E-state index contributed by atoms with van der Waals surface area (Å²) in [5.74, 6) is -4.22. The van der Waals surface area contributed by atoms with E-state index in [1.165, 1.54) is 19.1 Å². The zero-order valence-corrected chi connectivity index (χ0v) is 43.6. The van der Waals surface area contributed by atoms with Crippen molar-refractivity contribution in [1.29, 1.82) is 0 Å². The van der Waals surface area contributed by atoms with Crippen LogP contribution in [-0.2, 0) is 43.2 Å². The van der Waals surface area contributed by atoms with Crippen molar-refractivity contribution in [2.24, 2.45) is 5.92 Å². The van der Waals surface area contributed by atoms with Gasteiger partial charge in [-0.2, -0.15) is 0 Å². The van der Waals surface area contributed by atoms with Crippen LogP contribution >= 0.6 is 24.4 Å². The number of hydrogen-bond acceptors (Lipinski definition) is 14. The number of anilines is 2. The number of carbonyl (C=O) groups excluding carboxylic acids is 9. The first-order valence-corrected chi connectivity index (χ1v) is 25.4. The lowest BCUT2D eigenvalue weighted by Gasteiger charge is -2.24. The predicted molar refractivity (Wildman–Crippen MR) is 277 cm³/mol. The number of nitrogens with one attached hydrogen (secondary N) is 8. The SMILES string of the molecule is CC[C@H](C)[C@H](NC(=O)CNC(=S)Nc1ccc(NC(=S)NCCCCCN(O)C(=O)CCC(=O)NCCCCCN(O)C(=O)CCC(=O)NCCCCCN(O)C(C)=O)cc1)C(=O)NCCN1C(=O)C=CC1=O. The molecule has 0 unspecified atom stereocenters. The highest BCUT2D eigenvalue weighted by atomic mass is 32.1. The van der Waals surface area contributed by atoms with Crippen LogP contribution in [0.1, 0.15) is 111 Å². The molecule has 0 aromatic heterocycles. The Hall–Kier alpha value is -6.35. The molecule has 1 aliphatic rings. The van der Waals surface area contributed by atoms with Gasteiger partial charge in [-0.05, 0) is 112 Å². The van der Waals surface area contributed by atoms with Crippen LogP contribution in [0, 0.1) is 5.92 Å². The van der Waals surface area contributed by atoms with Crippen LogP contribution < -0.4 is 42.5 Å². The second kappa shape index (κ2) is 35.7. The molecule has 1 aromatic carbocycles. The molecule has 11 N–H and O–H groups in total. The average Bonchev–Trinajstić information content (AvgIpc) is 3.68. The lowest BCUT2D eigenvalue weighted by molar-refractivity contribution is -0.166. The van der Waals surface area contributed by atoms with Crippen LogP contribution in [0.3, 0.4) is 0 Å². The highest BCUT2D eigenvalue weighted by molar-refractivity contribution is 7.80. The summed E-state index contributed by atoms with van der Waals surface area (Å²) in [5.41, 5.74) is 1.35. The van der Waals surface area contributed by atoms with E-state index in [1.807, 2.05) is 13.8 Å². The van der Waals surface area contributed by atoms with Crippen molar-refractivity contribution in [3.05, 3.63) is 36.4 Å². The number of hydrogen-bond donors (Lipinski definition) is 11. The number of thiocarbonyl (C=S) groups is 2. The molecular formula is C47H74N12O12S2. The maximum absolute atomic E-state index is 12.9. The summed E-state index contributed by atoms with van der Waals surface area (Å²) in [7, 11) is 0. The lowest BCUT2D eigenvalue weighted by Crippen LogP contribution is -2.53. The molecule has 1 aliphatic heterocycles. The molecule has 24 nitrogen and oxygen atoms in total. The highest BCUT2D eigenvalue weighted by Crippen LogP contribution is 2.14. The first-order valence-electron chi connectivity index (χ1n) is 24.6. The van der Waals surface area contributed by atoms with Gasteiger partial charge in [0.05, 0.1) is 6.54 Å². The van der Waals surface area contributed by atoms with E-state index in [0.717, 1.165) is 4.90 Å². The average molecular weight is 1060 g/mol. The van der Waals surface area contributed by atoms with Crippen LogP contribution in [0.25, 0.3) is 0 Å². The molecular weight excluding hydrogens is 989 g/mol. The van der Waals surface area contributed by atoms with Crippen LogP contribution in [0.15, 0.2) is 36.4 Å². The summed E-state index contributed by atoms with van der Waals surface area (Å²) >= 11 is 10.7. The Morgan fingerprint density at radius 1 is 0.575 bits per heavy atom. The van der Waals surface area contributed by atoms with E-state index >= 15 is 0 Å². The highest BCUT2D eigenvalue weighted by Gasteiger charge is 2.27. The fraction of sp³-hybridized carbons (Fsp3) is 0.596. The fourth-order valence-corrected chi connectivity index (χ4v) is 7.17. The number of rotatable bonds is 35. The van der Waals surface area contributed by atoms with Crippen molar-refractivity contribution in [3.8, 4) is 0 Å². The Morgan fingerprint density at radius 2 is 1.01 bits per heavy atom. The second-order valence-electron chi connectivity index (χ2n) is 17.2. The molecule has 0 aliphatic carbocycles. The molecule has 0 fully saturated rings. The van der Waals surface area contributed by atoms with Crippen molar-refractivity contribution < 1.29 is 58.8 Å². The normalized spacial score (nSPS) is 12.5. The monoisotopic (exact) mass is 1060 g/mol. The third-order valence-corrected chi connectivity index (χ3v) is 11.8. The molecule has 1 heterocycles.